The Labute approximate surface area is 136 Å². The fourth-order valence-electron chi connectivity index (χ4n) is 2.07. The molecule has 1 aromatic rings. The van der Waals surface area contributed by atoms with Crippen molar-refractivity contribution in [3.63, 3.8) is 0 Å². The van der Waals surface area contributed by atoms with Gasteiger partial charge in [-0.2, -0.15) is 0 Å². The van der Waals surface area contributed by atoms with Gasteiger partial charge >= 0.3 is 12.1 Å². The molecule has 0 aromatic heterocycles. The summed E-state index contributed by atoms with van der Waals surface area (Å²) in [5.74, 6) is 0.0874. The lowest BCUT2D eigenvalue weighted by molar-refractivity contribution is -0.134. The van der Waals surface area contributed by atoms with E-state index in [1.54, 1.807) is 6.07 Å². The molecule has 0 spiro atoms. The van der Waals surface area contributed by atoms with Gasteiger partial charge in [-0.25, -0.2) is 9.59 Å². The van der Waals surface area contributed by atoms with E-state index in [-0.39, 0.29) is 0 Å². The number of allylic oxidation sites excluding steroid dienone is 2. The van der Waals surface area contributed by atoms with Crippen LogP contribution in [0.5, 0.6) is 5.75 Å². The molecule has 0 heterocycles. The largest absolute Gasteiger partial charge is 0.513 e. The summed E-state index contributed by atoms with van der Waals surface area (Å²) in [4.78, 5) is 22.5. The van der Waals surface area contributed by atoms with E-state index in [1.165, 1.54) is 20.3 Å². The fraction of sp³-hybridized carbons (Fsp3) is 0.333. The quantitative estimate of drug-likeness (QED) is 0.365. The first-order valence-corrected chi connectivity index (χ1v) is 7.11. The molecule has 0 amide bonds. The number of methoxy groups -OCH3 is 2. The van der Waals surface area contributed by atoms with Crippen LogP contribution in [-0.2, 0) is 14.3 Å². The van der Waals surface area contributed by atoms with E-state index in [0.29, 0.717) is 5.75 Å². The van der Waals surface area contributed by atoms with Crippen LogP contribution in [0.3, 0.4) is 0 Å². The summed E-state index contributed by atoms with van der Waals surface area (Å²) in [6.07, 6.45) is 4.44. The van der Waals surface area contributed by atoms with E-state index in [0.717, 1.165) is 27.8 Å². The highest BCUT2D eigenvalue weighted by molar-refractivity contribution is 5.83. The summed E-state index contributed by atoms with van der Waals surface area (Å²) < 4.78 is 14.3. The third kappa shape index (κ3) is 4.98. The molecule has 0 saturated heterocycles. The second kappa shape index (κ2) is 8.17. The summed E-state index contributed by atoms with van der Waals surface area (Å²) in [5.41, 5.74) is 4.59. The van der Waals surface area contributed by atoms with Crippen molar-refractivity contribution < 1.29 is 23.8 Å². The lowest BCUT2D eigenvalue weighted by atomic mass is 9.96. The number of esters is 1. The number of carbonyl (C=O) groups is 2. The molecule has 0 bridgehead atoms. The van der Waals surface area contributed by atoms with Gasteiger partial charge in [0.15, 0.2) is 0 Å². The van der Waals surface area contributed by atoms with Crippen molar-refractivity contribution in [3.05, 3.63) is 46.0 Å². The van der Waals surface area contributed by atoms with Gasteiger partial charge in [0.05, 0.1) is 14.2 Å². The van der Waals surface area contributed by atoms with Crippen LogP contribution in [0.4, 0.5) is 4.79 Å². The Kier molecular flexibility index (Phi) is 6.57. The molecular formula is C18H22O5. The number of hydrogen-bond donors (Lipinski definition) is 0. The zero-order valence-corrected chi connectivity index (χ0v) is 14.4. The van der Waals surface area contributed by atoms with Crippen LogP contribution in [0.1, 0.15) is 29.2 Å². The number of carbonyl (C=O) groups excluding carboxylic acids is 2. The van der Waals surface area contributed by atoms with Gasteiger partial charge in [0, 0.05) is 6.08 Å². The zero-order valence-electron chi connectivity index (χ0n) is 14.4. The molecule has 5 heteroatoms. The summed E-state index contributed by atoms with van der Waals surface area (Å²) in [7, 11) is 2.61. The van der Waals surface area contributed by atoms with Crippen LogP contribution in [0.15, 0.2) is 23.8 Å². The van der Waals surface area contributed by atoms with E-state index in [1.807, 2.05) is 39.8 Å². The Bertz CT molecular complexity index is 668. The topological polar surface area (TPSA) is 61.8 Å². The predicted octanol–water partition coefficient (Wildman–Crippen LogP) is 3.89. The third-order valence-corrected chi connectivity index (χ3v) is 3.53. The van der Waals surface area contributed by atoms with Gasteiger partial charge in [-0.05, 0) is 61.6 Å². The van der Waals surface area contributed by atoms with E-state index >= 15 is 0 Å². The van der Waals surface area contributed by atoms with Gasteiger partial charge < -0.3 is 14.2 Å². The normalized spacial score (nSPS) is 11.5. The molecular weight excluding hydrogens is 296 g/mol. The summed E-state index contributed by atoms with van der Waals surface area (Å²) in [5, 5.41) is 0. The Morgan fingerprint density at radius 3 is 2.26 bits per heavy atom. The molecule has 1 rings (SSSR count). The highest BCUT2D eigenvalue weighted by Crippen LogP contribution is 2.29. The number of benzene rings is 1. The smallest absolute Gasteiger partial charge is 0.466 e. The number of hydrogen-bond acceptors (Lipinski definition) is 5. The van der Waals surface area contributed by atoms with Gasteiger partial charge in [-0.15, -0.1) is 0 Å². The first-order valence-electron chi connectivity index (χ1n) is 7.11. The molecule has 0 radical (unpaired) electrons. The SMILES string of the molecule is COC(=O)/C=C(C)\C=C\c1c(C)cc(OC(=O)OC)c(C)c1C. The first-order chi connectivity index (χ1) is 10.8. The zero-order chi connectivity index (χ0) is 17.6. The molecule has 23 heavy (non-hydrogen) atoms. The molecule has 0 aliphatic rings. The van der Waals surface area contributed by atoms with E-state index < -0.39 is 12.1 Å². The maximum Gasteiger partial charge on any atom is 0.513 e. The van der Waals surface area contributed by atoms with Crippen LogP contribution in [0.25, 0.3) is 6.08 Å². The molecule has 0 aliphatic carbocycles. The van der Waals surface area contributed by atoms with Crippen LogP contribution in [0.2, 0.25) is 0 Å². The summed E-state index contributed by atoms with van der Waals surface area (Å²) in [6, 6.07) is 1.79. The molecule has 5 nitrogen and oxygen atoms in total. The maximum atomic E-state index is 11.3. The maximum absolute atomic E-state index is 11.3. The second-order valence-corrected chi connectivity index (χ2v) is 5.16. The Morgan fingerprint density at radius 2 is 1.70 bits per heavy atom. The van der Waals surface area contributed by atoms with E-state index in [4.69, 9.17) is 4.74 Å². The molecule has 124 valence electrons. The Morgan fingerprint density at radius 1 is 1.04 bits per heavy atom. The number of rotatable bonds is 4. The molecule has 0 fully saturated rings. The van der Waals surface area contributed by atoms with Crippen molar-refractivity contribution in [2.45, 2.75) is 27.7 Å². The van der Waals surface area contributed by atoms with Crippen molar-refractivity contribution in [2.24, 2.45) is 0 Å². The van der Waals surface area contributed by atoms with Crippen LogP contribution < -0.4 is 4.74 Å². The van der Waals surface area contributed by atoms with Crippen LogP contribution in [0, 0.1) is 20.8 Å². The van der Waals surface area contributed by atoms with Crippen molar-refractivity contribution in [2.75, 3.05) is 14.2 Å². The molecule has 1 aromatic carbocycles. The van der Waals surface area contributed by atoms with Crippen LogP contribution >= 0.6 is 0 Å². The Balaban J connectivity index is 3.15. The lowest BCUT2D eigenvalue weighted by Gasteiger charge is -2.14. The molecule has 0 N–H and O–H groups in total. The van der Waals surface area contributed by atoms with E-state index in [9.17, 15) is 9.59 Å². The van der Waals surface area contributed by atoms with Crippen molar-refractivity contribution in [3.8, 4) is 5.75 Å². The molecule has 0 atom stereocenters. The van der Waals surface area contributed by atoms with Gasteiger partial charge in [0.2, 0.25) is 0 Å². The minimum absolute atomic E-state index is 0.390. The molecule has 0 saturated carbocycles. The van der Waals surface area contributed by atoms with E-state index in [2.05, 4.69) is 9.47 Å². The second-order valence-electron chi connectivity index (χ2n) is 5.16. The lowest BCUT2D eigenvalue weighted by Crippen LogP contribution is -2.09. The highest BCUT2D eigenvalue weighted by Gasteiger charge is 2.12. The van der Waals surface area contributed by atoms with Crippen LogP contribution in [-0.4, -0.2) is 26.3 Å². The fourth-order valence-corrected chi connectivity index (χ4v) is 2.07. The van der Waals surface area contributed by atoms with Gasteiger partial charge in [0.1, 0.15) is 5.75 Å². The number of aryl methyl sites for hydroxylation is 1. The Hall–Kier alpha value is -2.56. The van der Waals surface area contributed by atoms with Crippen molar-refractivity contribution in [1.82, 2.24) is 0 Å². The molecule has 0 aliphatic heterocycles. The minimum atomic E-state index is -0.743. The standard InChI is InChI=1S/C18H22O5/c1-11(9-17(19)21-5)7-8-15-12(2)10-16(14(4)13(15)3)23-18(20)22-6/h7-10H,1-6H3/b8-7+,11-9-. The number of ether oxygens (including phenoxy) is 3. The predicted molar refractivity (Wildman–Crippen MR) is 88.5 cm³/mol. The highest BCUT2D eigenvalue weighted by atomic mass is 16.7. The average Bonchev–Trinajstić information content (AvgIpc) is 2.51. The summed E-state index contributed by atoms with van der Waals surface area (Å²) >= 11 is 0. The van der Waals surface area contributed by atoms with Crippen molar-refractivity contribution >= 4 is 18.2 Å². The summed E-state index contributed by atoms with van der Waals surface area (Å²) in [6.45, 7) is 7.57. The van der Waals surface area contributed by atoms with Gasteiger partial charge in [-0.1, -0.05) is 12.2 Å². The monoisotopic (exact) mass is 318 g/mol. The minimum Gasteiger partial charge on any atom is -0.466 e. The first kappa shape index (κ1) is 18.5. The third-order valence-electron chi connectivity index (χ3n) is 3.53. The van der Waals surface area contributed by atoms with Gasteiger partial charge in [-0.3, -0.25) is 0 Å². The van der Waals surface area contributed by atoms with Gasteiger partial charge in [0.25, 0.3) is 0 Å². The van der Waals surface area contributed by atoms with Crippen molar-refractivity contribution in [1.29, 1.82) is 0 Å². The molecule has 0 unspecified atom stereocenters. The average molecular weight is 318 g/mol.